The van der Waals surface area contributed by atoms with Gasteiger partial charge in [-0.05, 0) is 31.0 Å². The number of hydrogen-bond acceptors (Lipinski definition) is 6. The van der Waals surface area contributed by atoms with Gasteiger partial charge in [-0.15, -0.1) is 0 Å². The summed E-state index contributed by atoms with van der Waals surface area (Å²) in [4.78, 5) is 34.7. The van der Waals surface area contributed by atoms with Crippen molar-refractivity contribution in [3.63, 3.8) is 0 Å². The van der Waals surface area contributed by atoms with E-state index in [1.165, 1.54) is 6.07 Å². The van der Waals surface area contributed by atoms with Gasteiger partial charge in [-0.1, -0.05) is 0 Å². The van der Waals surface area contributed by atoms with Gasteiger partial charge in [0.05, 0.1) is 38.4 Å². The molecule has 0 saturated carbocycles. The van der Waals surface area contributed by atoms with Crippen LogP contribution in [0.3, 0.4) is 0 Å². The minimum Gasteiger partial charge on any atom is -0.370 e. The topological polar surface area (TPSA) is 119 Å². The summed E-state index contributed by atoms with van der Waals surface area (Å²) in [5, 5.41) is 24.3. The van der Waals surface area contributed by atoms with Crippen LogP contribution in [-0.2, 0) is 6.18 Å². The van der Waals surface area contributed by atoms with E-state index in [0.717, 1.165) is 37.1 Å². The fourth-order valence-electron chi connectivity index (χ4n) is 3.18. The van der Waals surface area contributed by atoms with E-state index in [1.54, 1.807) is 0 Å². The van der Waals surface area contributed by atoms with Gasteiger partial charge >= 0.3 is 6.18 Å². The molecule has 0 unspecified atom stereocenters. The molecule has 0 atom stereocenters. The molecule has 2 aromatic rings. The Labute approximate surface area is 167 Å². The molecule has 1 aliphatic heterocycles. The highest BCUT2D eigenvalue weighted by Crippen LogP contribution is 2.37. The van der Waals surface area contributed by atoms with Crippen LogP contribution in [-0.4, -0.2) is 28.8 Å². The van der Waals surface area contributed by atoms with E-state index in [-0.39, 0.29) is 5.69 Å². The van der Waals surface area contributed by atoms with Gasteiger partial charge in [-0.25, -0.2) is 0 Å². The zero-order valence-corrected chi connectivity index (χ0v) is 15.3. The Morgan fingerprint density at radius 2 is 1.53 bits per heavy atom. The average molecular weight is 424 g/mol. The molecule has 1 saturated heterocycles. The van der Waals surface area contributed by atoms with Crippen molar-refractivity contribution >= 4 is 28.7 Å². The van der Waals surface area contributed by atoms with Crippen molar-refractivity contribution in [1.29, 1.82) is 0 Å². The highest BCUT2D eigenvalue weighted by Gasteiger charge is 2.32. The second-order valence-corrected chi connectivity index (χ2v) is 6.63. The summed E-state index contributed by atoms with van der Waals surface area (Å²) < 4.78 is 39.4. The number of carbonyl (C=O) groups is 1. The molecular formula is C18H15F3N4O5. The Bertz CT molecular complexity index is 987. The predicted molar refractivity (Wildman–Crippen MR) is 101 cm³/mol. The first-order valence-electron chi connectivity index (χ1n) is 8.77. The lowest BCUT2D eigenvalue weighted by atomic mass is 10.1. The molecule has 0 spiro atoms. The number of nitrogens with zero attached hydrogens (tertiary/aromatic N) is 3. The second kappa shape index (κ2) is 7.97. The monoisotopic (exact) mass is 424 g/mol. The van der Waals surface area contributed by atoms with Crippen LogP contribution in [0.4, 0.5) is 35.9 Å². The minimum absolute atomic E-state index is 0.133. The van der Waals surface area contributed by atoms with Crippen LogP contribution < -0.4 is 10.2 Å². The maximum absolute atomic E-state index is 13.1. The van der Waals surface area contributed by atoms with Crippen LogP contribution in [0.15, 0.2) is 36.4 Å². The van der Waals surface area contributed by atoms with E-state index in [9.17, 15) is 38.2 Å². The lowest BCUT2D eigenvalue weighted by Gasteiger charge is -2.23. The molecule has 1 heterocycles. The predicted octanol–water partition coefficient (Wildman–Crippen LogP) is 4.37. The van der Waals surface area contributed by atoms with Crippen molar-refractivity contribution in [3.8, 4) is 0 Å². The van der Waals surface area contributed by atoms with Crippen molar-refractivity contribution in [2.75, 3.05) is 23.3 Å². The first-order valence-corrected chi connectivity index (χ1v) is 8.77. The van der Waals surface area contributed by atoms with Gasteiger partial charge < -0.3 is 10.2 Å². The van der Waals surface area contributed by atoms with Gasteiger partial charge in [0.2, 0.25) is 0 Å². The van der Waals surface area contributed by atoms with Crippen molar-refractivity contribution in [2.45, 2.75) is 19.0 Å². The van der Waals surface area contributed by atoms with Crippen LogP contribution in [0, 0.1) is 20.2 Å². The number of benzene rings is 2. The molecule has 0 aliphatic carbocycles. The van der Waals surface area contributed by atoms with Gasteiger partial charge in [0.25, 0.3) is 17.3 Å². The summed E-state index contributed by atoms with van der Waals surface area (Å²) in [6.45, 7) is 1.19. The lowest BCUT2D eigenvalue weighted by Crippen LogP contribution is -2.22. The van der Waals surface area contributed by atoms with E-state index < -0.39 is 44.4 Å². The summed E-state index contributed by atoms with van der Waals surface area (Å²) in [6.07, 6.45) is -2.97. The number of amides is 1. The SMILES string of the molecule is O=C(Nc1cc(C(F)(F)F)ccc1N1CCCC1)c1cc([N+](=O)[O-])cc([N+](=O)[O-])c1. The molecule has 1 aliphatic rings. The number of halogens is 3. The van der Waals surface area contributed by atoms with E-state index in [4.69, 9.17) is 0 Å². The smallest absolute Gasteiger partial charge is 0.370 e. The number of nitro groups is 2. The third kappa shape index (κ3) is 4.47. The summed E-state index contributed by atoms with van der Waals surface area (Å²) in [7, 11) is 0. The third-order valence-corrected chi connectivity index (χ3v) is 4.61. The quantitative estimate of drug-likeness (QED) is 0.562. The van der Waals surface area contributed by atoms with Gasteiger partial charge in [-0.3, -0.25) is 25.0 Å². The van der Waals surface area contributed by atoms with E-state index in [0.29, 0.717) is 24.8 Å². The van der Waals surface area contributed by atoms with E-state index in [1.807, 2.05) is 4.90 Å². The van der Waals surface area contributed by atoms with Gasteiger partial charge in [0.15, 0.2) is 0 Å². The van der Waals surface area contributed by atoms with Gasteiger partial charge in [0, 0.05) is 25.2 Å². The highest BCUT2D eigenvalue weighted by atomic mass is 19.4. The molecule has 1 N–H and O–H groups in total. The maximum atomic E-state index is 13.1. The van der Waals surface area contributed by atoms with Gasteiger partial charge in [-0.2, -0.15) is 13.2 Å². The molecular weight excluding hydrogens is 409 g/mol. The molecule has 1 fully saturated rings. The maximum Gasteiger partial charge on any atom is 0.416 e. The van der Waals surface area contributed by atoms with Crippen LogP contribution >= 0.6 is 0 Å². The van der Waals surface area contributed by atoms with Crippen LogP contribution in [0.1, 0.15) is 28.8 Å². The standard InChI is InChI=1S/C18H15F3N4O5/c19-18(20,21)12-3-4-16(23-5-1-2-6-23)15(9-12)22-17(26)11-7-13(24(27)28)10-14(8-11)25(29)30/h3-4,7-10H,1-2,5-6H2,(H,22,26). The fourth-order valence-corrected chi connectivity index (χ4v) is 3.18. The highest BCUT2D eigenvalue weighted by molar-refractivity contribution is 6.06. The van der Waals surface area contributed by atoms with E-state index in [2.05, 4.69) is 5.32 Å². The van der Waals surface area contributed by atoms with Crippen molar-refractivity contribution in [3.05, 3.63) is 67.8 Å². The number of nitro benzene ring substituents is 2. The van der Waals surface area contributed by atoms with Crippen molar-refractivity contribution < 1.29 is 27.8 Å². The Kier molecular flexibility index (Phi) is 5.58. The number of hydrogen-bond donors (Lipinski definition) is 1. The summed E-state index contributed by atoms with van der Waals surface area (Å²) in [6, 6.07) is 5.27. The summed E-state index contributed by atoms with van der Waals surface area (Å²) in [5.74, 6) is -0.999. The molecule has 2 aromatic carbocycles. The lowest BCUT2D eigenvalue weighted by molar-refractivity contribution is -0.394. The fraction of sp³-hybridized carbons (Fsp3) is 0.278. The Morgan fingerprint density at radius 3 is 2.03 bits per heavy atom. The number of nitrogens with one attached hydrogen (secondary N) is 1. The number of non-ortho nitro benzene ring substituents is 2. The first kappa shape index (κ1) is 21.0. The Morgan fingerprint density at radius 1 is 0.967 bits per heavy atom. The molecule has 0 radical (unpaired) electrons. The minimum atomic E-state index is -4.65. The molecule has 158 valence electrons. The zero-order chi connectivity index (χ0) is 22.1. The molecule has 12 heteroatoms. The average Bonchev–Trinajstić information content (AvgIpc) is 3.21. The molecule has 30 heavy (non-hydrogen) atoms. The van der Waals surface area contributed by atoms with Gasteiger partial charge in [0.1, 0.15) is 0 Å². The number of rotatable bonds is 5. The number of anilines is 2. The molecule has 1 amide bonds. The molecule has 0 bridgehead atoms. The Hall–Kier alpha value is -3.70. The third-order valence-electron chi connectivity index (χ3n) is 4.61. The Balaban J connectivity index is 2.01. The van der Waals surface area contributed by atoms with Crippen LogP contribution in [0.2, 0.25) is 0 Å². The molecule has 9 nitrogen and oxygen atoms in total. The van der Waals surface area contributed by atoms with Crippen molar-refractivity contribution in [1.82, 2.24) is 0 Å². The van der Waals surface area contributed by atoms with E-state index >= 15 is 0 Å². The number of carbonyl (C=O) groups excluding carboxylic acids is 1. The molecule has 0 aromatic heterocycles. The summed E-state index contributed by atoms with van der Waals surface area (Å²) in [5.41, 5.74) is -2.53. The van der Waals surface area contributed by atoms with Crippen molar-refractivity contribution in [2.24, 2.45) is 0 Å². The molecule has 3 rings (SSSR count). The number of alkyl halides is 3. The van der Waals surface area contributed by atoms with Crippen LogP contribution in [0.5, 0.6) is 0 Å². The second-order valence-electron chi connectivity index (χ2n) is 6.63. The summed E-state index contributed by atoms with van der Waals surface area (Å²) >= 11 is 0. The van der Waals surface area contributed by atoms with Crippen LogP contribution in [0.25, 0.3) is 0 Å². The first-order chi connectivity index (χ1) is 14.1. The normalized spacial score (nSPS) is 13.9. The zero-order valence-electron chi connectivity index (χ0n) is 15.3. The largest absolute Gasteiger partial charge is 0.416 e.